The fourth-order valence-corrected chi connectivity index (χ4v) is 2.46. The summed E-state index contributed by atoms with van der Waals surface area (Å²) in [7, 11) is 0. The van der Waals surface area contributed by atoms with E-state index >= 15 is 0 Å². The second-order valence-corrected chi connectivity index (χ2v) is 5.98. The predicted octanol–water partition coefficient (Wildman–Crippen LogP) is 2.94. The van der Waals surface area contributed by atoms with Crippen molar-refractivity contribution in [3.63, 3.8) is 0 Å². The highest BCUT2D eigenvalue weighted by Gasteiger charge is 2.49. The van der Waals surface area contributed by atoms with Crippen LogP contribution < -0.4 is 10.1 Å². The van der Waals surface area contributed by atoms with Gasteiger partial charge in [0, 0.05) is 12.1 Å². The zero-order chi connectivity index (χ0) is 14.2. The van der Waals surface area contributed by atoms with Gasteiger partial charge in [0.2, 0.25) is 0 Å². The van der Waals surface area contributed by atoms with Gasteiger partial charge in [-0.1, -0.05) is 6.07 Å². The number of benzene rings is 1. The number of ether oxygens (including phenoxy) is 1. The Morgan fingerprint density at radius 1 is 1.40 bits per heavy atom. The largest absolute Gasteiger partial charge is 0.490 e. The normalized spacial score (nSPS) is 21.1. The van der Waals surface area contributed by atoms with Crippen molar-refractivity contribution in [1.82, 2.24) is 5.32 Å². The zero-order valence-electron chi connectivity index (χ0n) is 11.7. The first kappa shape index (κ1) is 13.4. The van der Waals surface area contributed by atoms with Crippen molar-refractivity contribution in [3.8, 4) is 11.8 Å². The second kappa shape index (κ2) is 5.06. The molecular formula is C16H19FN2O. The number of nitrogens with one attached hydrogen (secondary N) is 1. The molecule has 2 aliphatic rings. The van der Waals surface area contributed by atoms with Crippen LogP contribution in [0.2, 0.25) is 0 Å². The van der Waals surface area contributed by atoms with Gasteiger partial charge in [0.05, 0.1) is 6.07 Å². The third-order valence-electron chi connectivity index (χ3n) is 4.12. The summed E-state index contributed by atoms with van der Waals surface area (Å²) in [5, 5.41) is 13.0. The molecule has 106 valence electrons. The number of nitriles is 1. The summed E-state index contributed by atoms with van der Waals surface area (Å²) in [6.07, 6.45) is 4.41. The van der Waals surface area contributed by atoms with E-state index in [4.69, 9.17) is 4.74 Å². The second-order valence-electron chi connectivity index (χ2n) is 5.98. The third-order valence-corrected chi connectivity index (χ3v) is 4.12. The first-order chi connectivity index (χ1) is 9.63. The highest BCUT2D eigenvalue weighted by molar-refractivity contribution is 5.29. The Balaban J connectivity index is 1.69. The van der Waals surface area contributed by atoms with E-state index in [0.29, 0.717) is 23.3 Å². The molecule has 2 aliphatic carbocycles. The number of rotatable bonds is 6. The van der Waals surface area contributed by atoms with E-state index in [2.05, 4.69) is 11.4 Å². The maximum absolute atomic E-state index is 13.5. The quantitative estimate of drug-likeness (QED) is 0.867. The predicted molar refractivity (Wildman–Crippen MR) is 73.9 cm³/mol. The van der Waals surface area contributed by atoms with Gasteiger partial charge in [0.15, 0.2) is 0 Å². The van der Waals surface area contributed by atoms with Crippen LogP contribution in [0, 0.1) is 30.0 Å². The van der Waals surface area contributed by atoms with Gasteiger partial charge < -0.3 is 4.74 Å². The molecule has 4 heteroatoms. The Hall–Kier alpha value is -1.60. The van der Waals surface area contributed by atoms with E-state index in [1.807, 2.05) is 0 Å². The lowest BCUT2D eigenvalue weighted by atomic mass is 9.96. The van der Waals surface area contributed by atoms with Gasteiger partial charge in [0.25, 0.3) is 0 Å². The van der Waals surface area contributed by atoms with Crippen LogP contribution >= 0.6 is 0 Å². The summed E-state index contributed by atoms with van der Waals surface area (Å²) < 4.78 is 19.2. The van der Waals surface area contributed by atoms with Crippen LogP contribution in [0.15, 0.2) is 18.2 Å². The number of hydrogen-bond donors (Lipinski definition) is 1. The number of aryl methyl sites for hydroxylation is 1. The van der Waals surface area contributed by atoms with Crippen LogP contribution in [-0.2, 0) is 0 Å². The number of halogens is 1. The van der Waals surface area contributed by atoms with Gasteiger partial charge in [0.1, 0.15) is 23.7 Å². The monoisotopic (exact) mass is 274 g/mol. The van der Waals surface area contributed by atoms with E-state index in [9.17, 15) is 9.65 Å². The topological polar surface area (TPSA) is 45.0 Å². The van der Waals surface area contributed by atoms with E-state index in [1.165, 1.54) is 6.07 Å². The van der Waals surface area contributed by atoms with Crippen LogP contribution in [0.1, 0.15) is 31.2 Å². The fourth-order valence-electron chi connectivity index (χ4n) is 2.46. The average molecular weight is 274 g/mol. The van der Waals surface area contributed by atoms with Crippen LogP contribution in [0.5, 0.6) is 5.75 Å². The molecule has 1 N–H and O–H groups in total. The van der Waals surface area contributed by atoms with Gasteiger partial charge in [-0.3, -0.25) is 5.32 Å². The van der Waals surface area contributed by atoms with Crippen molar-refractivity contribution in [3.05, 3.63) is 29.6 Å². The van der Waals surface area contributed by atoms with Crippen LogP contribution in [0.3, 0.4) is 0 Å². The van der Waals surface area contributed by atoms with Gasteiger partial charge in [-0.2, -0.15) is 5.26 Å². The van der Waals surface area contributed by atoms with Crippen molar-refractivity contribution in [2.45, 2.75) is 44.2 Å². The SMILES string of the molecule is Cc1ccc(OCC(C#N)(NC2CC2)C2CC2)cc1F. The van der Waals surface area contributed by atoms with Crippen LogP contribution in [0.4, 0.5) is 4.39 Å². The standard InChI is InChI=1S/C16H19FN2O/c1-11-2-7-14(8-15(11)17)20-10-16(9-18,12-3-4-12)19-13-5-6-13/h2,7-8,12-13,19H,3-6,10H2,1H3. The molecule has 0 spiro atoms. The molecule has 0 aromatic heterocycles. The maximum Gasteiger partial charge on any atom is 0.144 e. The van der Waals surface area contributed by atoms with Crippen molar-refractivity contribution < 1.29 is 9.13 Å². The Bertz CT molecular complexity index is 546. The minimum atomic E-state index is -0.609. The molecule has 0 saturated heterocycles. The summed E-state index contributed by atoms with van der Waals surface area (Å²) >= 11 is 0. The molecule has 1 aromatic carbocycles. The molecule has 1 aromatic rings. The molecule has 2 saturated carbocycles. The van der Waals surface area contributed by atoms with E-state index in [0.717, 1.165) is 25.7 Å². The molecule has 3 nitrogen and oxygen atoms in total. The lowest BCUT2D eigenvalue weighted by Crippen LogP contribution is -2.52. The van der Waals surface area contributed by atoms with Crippen molar-refractivity contribution in [2.75, 3.05) is 6.61 Å². The summed E-state index contributed by atoms with van der Waals surface area (Å²) in [4.78, 5) is 0. The summed E-state index contributed by atoms with van der Waals surface area (Å²) in [5.74, 6) is 0.584. The summed E-state index contributed by atoms with van der Waals surface area (Å²) in [5.41, 5.74) is -0.00935. The molecule has 1 atom stereocenters. The zero-order valence-corrected chi connectivity index (χ0v) is 11.7. The first-order valence-electron chi connectivity index (χ1n) is 7.21. The van der Waals surface area contributed by atoms with Crippen molar-refractivity contribution >= 4 is 0 Å². The summed E-state index contributed by atoms with van der Waals surface area (Å²) in [6, 6.07) is 7.71. The number of hydrogen-bond acceptors (Lipinski definition) is 3. The molecule has 3 rings (SSSR count). The molecule has 20 heavy (non-hydrogen) atoms. The molecule has 1 unspecified atom stereocenters. The van der Waals surface area contributed by atoms with Crippen molar-refractivity contribution in [2.24, 2.45) is 5.92 Å². The Labute approximate surface area is 118 Å². The van der Waals surface area contributed by atoms with E-state index in [-0.39, 0.29) is 12.4 Å². The van der Waals surface area contributed by atoms with Gasteiger partial charge in [-0.25, -0.2) is 4.39 Å². The Morgan fingerprint density at radius 2 is 2.15 bits per heavy atom. The highest BCUT2D eigenvalue weighted by atomic mass is 19.1. The highest BCUT2D eigenvalue weighted by Crippen LogP contribution is 2.41. The molecule has 2 fully saturated rings. The molecule has 0 radical (unpaired) electrons. The van der Waals surface area contributed by atoms with Gasteiger partial charge >= 0.3 is 0 Å². The van der Waals surface area contributed by atoms with E-state index in [1.54, 1.807) is 19.1 Å². The molecule has 0 bridgehead atoms. The third kappa shape index (κ3) is 2.78. The van der Waals surface area contributed by atoms with Crippen LogP contribution in [0.25, 0.3) is 0 Å². The minimum absolute atomic E-state index is 0.272. The molecule has 0 heterocycles. The summed E-state index contributed by atoms with van der Waals surface area (Å²) in [6.45, 7) is 2.00. The Morgan fingerprint density at radius 3 is 2.70 bits per heavy atom. The smallest absolute Gasteiger partial charge is 0.144 e. The van der Waals surface area contributed by atoms with Crippen LogP contribution in [-0.4, -0.2) is 18.2 Å². The fraction of sp³-hybridized carbons (Fsp3) is 0.562. The molecular weight excluding hydrogens is 255 g/mol. The maximum atomic E-state index is 13.5. The Kier molecular flexibility index (Phi) is 3.39. The average Bonchev–Trinajstić information content (AvgIpc) is 3.31. The van der Waals surface area contributed by atoms with Gasteiger partial charge in [-0.05, 0) is 50.2 Å². The van der Waals surface area contributed by atoms with Gasteiger partial charge in [-0.15, -0.1) is 0 Å². The van der Waals surface area contributed by atoms with Crippen molar-refractivity contribution in [1.29, 1.82) is 5.26 Å². The minimum Gasteiger partial charge on any atom is -0.490 e. The lowest BCUT2D eigenvalue weighted by molar-refractivity contribution is 0.199. The molecule has 0 amide bonds. The number of nitrogens with zero attached hydrogens (tertiary/aromatic N) is 1. The molecule has 0 aliphatic heterocycles. The first-order valence-corrected chi connectivity index (χ1v) is 7.21. The van der Waals surface area contributed by atoms with E-state index < -0.39 is 5.54 Å². The lowest BCUT2D eigenvalue weighted by Gasteiger charge is -2.28.